The zero-order valence-corrected chi connectivity index (χ0v) is 6.62. The largest absolute Gasteiger partial charge is 0.356 e. The van der Waals surface area contributed by atoms with Gasteiger partial charge in [-0.05, 0) is 6.42 Å². The molecule has 2 atom stereocenters. The van der Waals surface area contributed by atoms with Gasteiger partial charge in [-0.15, -0.1) is 0 Å². The molecule has 0 unspecified atom stereocenters. The lowest BCUT2D eigenvalue weighted by Crippen LogP contribution is -1.92. The van der Waals surface area contributed by atoms with Gasteiger partial charge in [0, 0.05) is 0 Å². The molecule has 1 heterocycles. The Morgan fingerprint density at radius 2 is 2.10 bits per heavy atom. The summed E-state index contributed by atoms with van der Waals surface area (Å²) in [5.41, 5.74) is 0. The summed E-state index contributed by atoms with van der Waals surface area (Å²) < 4.78 is 15.0. The SMILES string of the molecule is CC[C@H]1O[C@H]1P(=O)(O)O.N. The third-order valence-electron chi connectivity index (χ3n) is 1.29. The van der Waals surface area contributed by atoms with Crippen molar-refractivity contribution < 1.29 is 19.1 Å². The number of ether oxygens (including phenoxy) is 1. The first-order valence-corrected chi connectivity index (χ1v) is 4.44. The van der Waals surface area contributed by atoms with Crippen LogP contribution in [-0.2, 0) is 9.30 Å². The normalized spacial score (nSPS) is 31.1. The molecular formula is C4H12NO4P. The van der Waals surface area contributed by atoms with E-state index in [-0.39, 0.29) is 12.3 Å². The minimum Gasteiger partial charge on any atom is -0.356 e. The van der Waals surface area contributed by atoms with Crippen LogP contribution in [0.2, 0.25) is 0 Å². The molecule has 6 heteroatoms. The standard InChI is InChI=1S/C4H9O4P.H3N/c1-2-3-4(8-3)9(5,6)7;/h3-4H,2H2,1H3,(H2,5,6,7);1H3/t3-,4+;/m1./s1. The molecule has 1 rings (SSSR count). The molecule has 1 aliphatic heterocycles. The maximum Gasteiger partial charge on any atom is 0.356 e. The van der Waals surface area contributed by atoms with Crippen molar-refractivity contribution in [1.29, 1.82) is 0 Å². The highest BCUT2D eigenvalue weighted by molar-refractivity contribution is 7.52. The van der Waals surface area contributed by atoms with Crippen LogP contribution in [0.25, 0.3) is 0 Å². The molecule has 0 spiro atoms. The quantitative estimate of drug-likeness (QED) is 0.411. The lowest BCUT2D eigenvalue weighted by Gasteiger charge is -1.94. The second-order valence-corrected chi connectivity index (χ2v) is 3.75. The molecule has 0 aromatic rings. The Hall–Kier alpha value is 0.0700. The van der Waals surface area contributed by atoms with E-state index in [1.807, 2.05) is 6.92 Å². The highest BCUT2D eigenvalue weighted by Crippen LogP contribution is 2.53. The molecule has 5 N–H and O–H groups in total. The fourth-order valence-electron chi connectivity index (χ4n) is 0.727. The van der Waals surface area contributed by atoms with E-state index in [9.17, 15) is 4.57 Å². The first-order chi connectivity index (χ1) is 4.05. The first kappa shape index (κ1) is 10.1. The Balaban J connectivity index is 0.000000810. The molecule has 0 aliphatic carbocycles. The third-order valence-corrected chi connectivity index (χ3v) is 2.41. The van der Waals surface area contributed by atoms with Crippen molar-refractivity contribution in [2.24, 2.45) is 0 Å². The van der Waals surface area contributed by atoms with Crippen LogP contribution in [0.4, 0.5) is 0 Å². The van der Waals surface area contributed by atoms with E-state index in [1.54, 1.807) is 0 Å². The summed E-state index contributed by atoms with van der Waals surface area (Å²) in [7, 11) is -3.92. The number of epoxide rings is 1. The van der Waals surface area contributed by atoms with Gasteiger partial charge >= 0.3 is 7.60 Å². The van der Waals surface area contributed by atoms with Crippen LogP contribution in [0.5, 0.6) is 0 Å². The van der Waals surface area contributed by atoms with Crippen LogP contribution in [0.3, 0.4) is 0 Å². The molecule has 1 fully saturated rings. The minimum absolute atomic E-state index is 0. The molecule has 0 amide bonds. The van der Waals surface area contributed by atoms with E-state index in [4.69, 9.17) is 9.79 Å². The summed E-state index contributed by atoms with van der Waals surface area (Å²) in [6.45, 7) is 1.83. The van der Waals surface area contributed by atoms with E-state index >= 15 is 0 Å². The molecular weight excluding hydrogens is 157 g/mol. The van der Waals surface area contributed by atoms with E-state index in [2.05, 4.69) is 4.74 Å². The monoisotopic (exact) mass is 169 g/mol. The summed E-state index contributed by atoms with van der Waals surface area (Å²) in [5.74, 6) is -0.803. The van der Waals surface area contributed by atoms with Gasteiger partial charge in [-0.3, -0.25) is 4.57 Å². The zero-order valence-electron chi connectivity index (χ0n) is 5.73. The number of hydrogen-bond donors (Lipinski definition) is 3. The number of hydrogen-bond acceptors (Lipinski definition) is 3. The van der Waals surface area contributed by atoms with Crippen molar-refractivity contribution in [1.82, 2.24) is 6.15 Å². The van der Waals surface area contributed by atoms with E-state index in [0.717, 1.165) is 0 Å². The lowest BCUT2D eigenvalue weighted by molar-refractivity contribution is 0.330. The van der Waals surface area contributed by atoms with Crippen LogP contribution < -0.4 is 6.15 Å². The molecule has 0 aromatic heterocycles. The molecule has 62 valence electrons. The minimum atomic E-state index is -3.92. The van der Waals surface area contributed by atoms with Gasteiger partial charge in [0.2, 0.25) is 0 Å². The average Bonchev–Trinajstić information content (AvgIpc) is 2.39. The number of rotatable bonds is 2. The van der Waals surface area contributed by atoms with Crippen molar-refractivity contribution in [2.45, 2.75) is 25.3 Å². The molecule has 10 heavy (non-hydrogen) atoms. The summed E-state index contributed by atoms with van der Waals surface area (Å²) in [5, 5.41) is 0. The van der Waals surface area contributed by atoms with Crippen LogP contribution in [0.1, 0.15) is 13.3 Å². The smallest absolute Gasteiger partial charge is 0.356 e. The zero-order chi connectivity index (χ0) is 7.07. The summed E-state index contributed by atoms with van der Waals surface area (Å²) >= 11 is 0. The highest BCUT2D eigenvalue weighted by Gasteiger charge is 2.50. The van der Waals surface area contributed by atoms with Crippen molar-refractivity contribution >= 4 is 7.60 Å². The van der Waals surface area contributed by atoms with Crippen LogP contribution in [-0.4, -0.2) is 21.7 Å². The Bertz CT molecular complexity index is 155. The Morgan fingerprint density at radius 1 is 1.60 bits per heavy atom. The Labute approximate surface area is 59.1 Å². The Kier molecular flexibility index (Phi) is 3.00. The molecule has 1 saturated heterocycles. The van der Waals surface area contributed by atoms with Gasteiger partial charge < -0.3 is 20.7 Å². The first-order valence-electron chi connectivity index (χ1n) is 2.76. The molecule has 1 aliphatic rings. The Morgan fingerprint density at radius 3 is 2.20 bits per heavy atom. The predicted octanol–water partition coefficient (Wildman–Crippen LogP) is 0.461. The van der Waals surface area contributed by atoms with Gasteiger partial charge in [0.1, 0.15) is 0 Å². The topological polar surface area (TPSA) is 105 Å². The van der Waals surface area contributed by atoms with Gasteiger partial charge in [-0.1, -0.05) is 6.92 Å². The molecule has 0 saturated carbocycles. The highest BCUT2D eigenvalue weighted by atomic mass is 31.2. The van der Waals surface area contributed by atoms with Crippen molar-refractivity contribution in [3.05, 3.63) is 0 Å². The summed E-state index contributed by atoms with van der Waals surface area (Å²) in [4.78, 5) is 16.9. The maximum atomic E-state index is 10.3. The van der Waals surface area contributed by atoms with Gasteiger partial charge in [0.15, 0.2) is 5.85 Å². The van der Waals surface area contributed by atoms with E-state index < -0.39 is 13.4 Å². The maximum absolute atomic E-state index is 10.3. The van der Waals surface area contributed by atoms with Crippen molar-refractivity contribution in [3.63, 3.8) is 0 Å². The van der Waals surface area contributed by atoms with E-state index in [0.29, 0.717) is 6.42 Å². The molecule has 0 radical (unpaired) electrons. The fourth-order valence-corrected chi connectivity index (χ4v) is 1.69. The lowest BCUT2D eigenvalue weighted by atomic mass is 10.4. The molecule has 0 aromatic carbocycles. The average molecular weight is 169 g/mol. The van der Waals surface area contributed by atoms with Crippen LogP contribution in [0, 0.1) is 0 Å². The summed E-state index contributed by atoms with van der Waals surface area (Å²) in [6.07, 6.45) is 0.473. The van der Waals surface area contributed by atoms with Gasteiger partial charge in [-0.25, -0.2) is 0 Å². The van der Waals surface area contributed by atoms with Crippen LogP contribution in [0.15, 0.2) is 0 Å². The van der Waals surface area contributed by atoms with Gasteiger partial charge in [-0.2, -0.15) is 0 Å². The van der Waals surface area contributed by atoms with Crippen molar-refractivity contribution in [3.8, 4) is 0 Å². The van der Waals surface area contributed by atoms with Gasteiger partial charge in [0.25, 0.3) is 0 Å². The second-order valence-electron chi connectivity index (χ2n) is 2.06. The van der Waals surface area contributed by atoms with Gasteiger partial charge in [0.05, 0.1) is 6.10 Å². The molecule has 5 nitrogen and oxygen atoms in total. The van der Waals surface area contributed by atoms with Crippen LogP contribution >= 0.6 is 7.60 Å². The summed E-state index contributed by atoms with van der Waals surface area (Å²) in [6, 6.07) is 0. The molecule has 0 bridgehead atoms. The second kappa shape index (κ2) is 2.98. The van der Waals surface area contributed by atoms with Crippen molar-refractivity contribution in [2.75, 3.05) is 0 Å². The fraction of sp³-hybridized carbons (Fsp3) is 1.00. The third kappa shape index (κ3) is 2.04. The van der Waals surface area contributed by atoms with E-state index in [1.165, 1.54) is 0 Å². The predicted molar refractivity (Wildman–Crippen MR) is 36.0 cm³/mol.